The number of aliphatic imine (C=N–C) groups is 3. The first-order valence-electron chi connectivity index (χ1n) is 27.6. The van der Waals surface area contributed by atoms with E-state index in [1.54, 1.807) is 62.3 Å². The summed E-state index contributed by atoms with van der Waals surface area (Å²) >= 11 is 0. The fourth-order valence-electron chi connectivity index (χ4n) is 10.9. The van der Waals surface area contributed by atoms with Crippen LogP contribution in [0.15, 0.2) is 106 Å². The lowest BCUT2D eigenvalue weighted by molar-refractivity contribution is -0.155. The van der Waals surface area contributed by atoms with Crippen molar-refractivity contribution in [3.05, 3.63) is 91.5 Å². The Morgan fingerprint density at radius 1 is 0.733 bits per heavy atom. The summed E-state index contributed by atoms with van der Waals surface area (Å²) in [7, 11) is 0. The average Bonchev–Trinajstić information content (AvgIpc) is 4.06. The van der Waals surface area contributed by atoms with Gasteiger partial charge in [-0.05, 0) is 169 Å². The van der Waals surface area contributed by atoms with E-state index in [1.807, 2.05) is 13.0 Å². The molecule has 5 aliphatic heterocycles. The third kappa shape index (κ3) is 14.9. The van der Waals surface area contributed by atoms with Crippen LogP contribution >= 0.6 is 0 Å². The maximum atomic E-state index is 14.8. The van der Waals surface area contributed by atoms with Gasteiger partial charge in [0.15, 0.2) is 0 Å². The Balaban J connectivity index is 1.40. The molecule has 0 saturated carbocycles. The minimum Gasteiger partial charge on any atom is -0.511 e. The van der Waals surface area contributed by atoms with Gasteiger partial charge in [0.25, 0.3) is 0 Å². The Kier molecular flexibility index (Phi) is 18.5. The van der Waals surface area contributed by atoms with Gasteiger partial charge in [-0.25, -0.2) is 15.0 Å². The number of allylic oxidation sites excluding steroid dienone is 11. The highest BCUT2D eigenvalue weighted by Crippen LogP contribution is 2.47. The number of aliphatic hydroxyl groups is 1. The second kappa shape index (κ2) is 23.7. The topological polar surface area (TPSA) is 187 Å². The average molecular weight is 1030 g/mol. The first-order valence-corrected chi connectivity index (χ1v) is 27.6. The summed E-state index contributed by atoms with van der Waals surface area (Å²) in [6.45, 7) is 31.6. The Bertz CT molecular complexity index is 2580. The smallest absolute Gasteiger partial charge is 0.306 e. The lowest BCUT2D eigenvalue weighted by Gasteiger charge is -2.36. The van der Waals surface area contributed by atoms with Crippen LogP contribution in [0.5, 0.6) is 0 Å². The normalized spacial score (nSPS) is 20.2. The minimum atomic E-state index is -1.18. The van der Waals surface area contributed by atoms with E-state index in [0.29, 0.717) is 18.7 Å². The maximum absolute atomic E-state index is 14.8. The zero-order chi connectivity index (χ0) is 55.4. The minimum absolute atomic E-state index is 0.0649. The highest BCUT2D eigenvalue weighted by molar-refractivity contribution is 6.21. The van der Waals surface area contributed by atoms with Gasteiger partial charge in [-0.1, -0.05) is 40.0 Å². The van der Waals surface area contributed by atoms with E-state index in [0.717, 1.165) is 105 Å². The van der Waals surface area contributed by atoms with Gasteiger partial charge in [-0.3, -0.25) is 19.2 Å². The van der Waals surface area contributed by atoms with Crippen LogP contribution in [0, 0.1) is 11.8 Å². The lowest BCUT2D eigenvalue weighted by Crippen LogP contribution is -2.50. The Morgan fingerprint density at radius 3 is 1.84 bits per heavy atom. The molecule has 6 rings (SSSR count). The largest absolute Gasteiger partial charge is 0.511 e. The number of nitrogens with zero attached hydrogens (tertiary/aromatic N) is 3. The monoisotopic (exact) mass is 1030 g/mol. The number of fused-ring (bicyclic) bond motifs is 5. The second-order valence-electron chi connectivity index (χ2n) is 24.2. The summed E-state index contributed by atoms with van der Waals surface area (Å²) in [6.07, 6.45) is 12.1. The van der Waals surface area contributed by atoms with Crippen molar-refractivity contribution in [2.45, 2.75) is 229 Å². The fraction of sp³-hybridized carbons (Fsp3) is 0.623. The van der Waals surface area contributed by atoms with Crippen LogP contribution in [0.2, 0.25) is 0 Å². The summed E-state index contributed by atoms with van der Waals surface area (Å²) < 4.78 is 23.7. The van der Waals surface area contributed by atoms with E-state index in [9.17, 15) is 24.3 Å². The second-order valence-corrected chi connectivity index (χ2v) is 24.2. The summed E-state index contributed by atoms with van der Waals surface area (Å²) in [4.78, 5) is 70.5. The molecule has 3 N–H and O–H groups in total. The van der Waals surface area contributed by atoms with Gasteiger partial charge in [-0.15, -0.1) is 0 Å². The number of hydrogen-bond acceptors (Lipinski definition) is 13. The van der Waals surface area contributed by atoms with Gasteiger partial charge in [0.2, 0.25) is 5.91 Å². The Labute approximate surface area is 447 Å². The SMILES string of the molecule is CCCCCCOC(C)C1=C(C)C2=NC1=CC1=NC(=CC3=C(C)C4=C(O)CC(=C5NC(=C2)[C@@H](C)[C@@H]5CCC(=O)NC(CCC(=O)OC(C)(C)C)(CCC(=O)OC(C)(C)C)CCC(=O)OC(C)(C)C)C4=N3)C(CC)=C1C. The molecule has 0 spiro atoms. The maximum Gasteiger partial charge on any atom is 0.306 e. The molecular weight excluding hydrogens is 947 g/mol. The van der Waals surface area contributed by atoms with E-state index in [4.69, 9.17) is 33.9 Å². The molecule has 3 atom stereocenters. The van der Waals surface area contributed by atoms with Crippen LogP contribution < -0.4 is 10.6 Å². The number of ether oxygens (including phenoxy) is 4. The number of unbranched alkanes of at least 4 members (excludes halogenated alkanes) is 3. The lowest BCUT2D eigenvalue weighted by atomic mass is 9.82. The molecule has 0 aromatic rings. The molecule has 8 bridgehead atoms. The highest BCUT2D eigenvalue weighted by Gasteiger charge is 2.43. The predicted molar refractivity (Wildman–Crippen MR) is 297 cm³/mol. The number of hydrogen-bond donors (Lipinski definition) is 3. The molecule has 6 aliphatic rings. The number of carbonyl (C=O) groups is 4. The summed E-state index contributed by atoms with van der Waals surface area (Å²) in [5, 5.41) is 18.9. The summed E-state index contributed by atoms with van der Waals surface area (Å²) in [5.41, 5.74) is 9.88. The fourth-order valence-corrected chi connectivity index (χ4v) is 10.9. The molecule has 75 heavy (non-hydrogen) atoms. The standard InChI is InChI=1S/C61H87N5O9/c1-17-19-20-21-30-72-39(7)54-37(5)45-32-44-36(4)41(56(64-44)42-31-49(67)55-38(6)46(65-57(42)55)33-47-40(18-2)35(3)43(62-47)34-48(54)63-45)22-23-50(68)66-61(27-24-51(69)73-58(8,9)10,28-25-52(70)74-59(11,12)13)29-26-53(71)75-60(14,15)16/h32-34,36,39,41,64,67H,17-31H2,1-16H3,(H,66,68)/t36-,39?,41-/m0/s1. The van der Waals surface area contributed by atoms with Gasteiger partial charge >= 0.3 is 17.9 Å². The van der Waals surface area contributed by atoms with Crippen LogP contribution in [-0.4, -0.2) is 81.1 Å². The first-order chi connectivity index (χ1) is 35.0. The molecule has 1 saturated heterocycles. The molecular formula is C61H87N5O9. The van der Waals surface area contributed by atoms with E-state index in [2.05, 4.69) is 64.3 Å². The molecule has 1 fully saturated rings. The zero-order valence-corrected chi connectivity index (χ0v) is 48.1. The van der Waals surface area contributed by atoms with Gasteiger partial charge < -0.3 is 34.7 Å². The molecule has 0 aromatic carbocycles. The van der Waals surface area contributed by atoms with Gasteiger partial charge in [0.1, 0.15) is 22.6 Å². The van der Waals surface area contributed by atoms with Crippen molar-refractivity contribution in [2.75, 3.05) is 6.61 Å². The van der Waals surface area contributed by atoms with Crippen molar-refractivity contribution in [1.82, 2.24) is 10.6 Å². The quantitative estimate of drug-likeness (QED) is 0.0567. The van der Waals surface area contributed by atoms with E-state index >= 15 is 0 Å². The number of nitrogens with one attached hydrogen (secondary N) is 2. The highest BCUT2D eigenvalue weighted by atomic mass is 16.6. The van der Waals surface area contributed by atoms with Gasteiger partial charge in [0, 0.05) is 84.2 Å². The molecule has 14 nitrogen and oxygen atoms in total. The number of rotatable bonds is 21. The third-order valence-electron chi connectivity index (χ3n) is 14.6. The predicted octanol–water partition coefficient (Wildman–Crippen LogP) is 12.6. The van der Waals surface area contributed by atoms with Crippen LogP contribution in [0.1, 0.15) is 201 Å². The van der Waals surface area contributed by atoms with Crippen molar-refractivity contribution >= 4 is 41.0 Å². The molecule has 5 heterocycles. The number of carbonyl (C=O) groups excluding carboxylic acids is 4. The van der Waals surface area contributed by atoms with Crippen molar-refractivity contribution in [3.63, 3.8) is 0 Å². The van der Waals surface area contributed by atoms with Crippen LogP contribution in [0.4, 0.5) is 0 Å². The molecule has 1 unspecified atom stereocenters. The summed E-state index contributed by atoms with van der Waals surface area (Å²) in [5.74, 6) is -1.79. The number of esters is 3. The first kappa shape index (κ1) is 58.6. The van der Waals surface area contributed by atoms with E-state index < -0.39 is 40.2 Å². The molecule has 410 valence electrons. The van der Waals surface area contributed by atoms with Gasteiger partial charge in [0.05, 0.1) is 40.3 Å². The van der Waals surface area contributed by atoms with Gasteiger partial charge in [-0.2, -0.15) is 0 Å². The summed E-state index contributed by atoms with van der Waals surface area (Å²) in [6, 6.07) is 0. The number of aliphatic hydroxyl groups excluding tert-OH is 1. The van der Waals surface area contributed by atoms with Crippen molar-refractivity contribution in [3.8, 4) is 0 Å². The Hall–Kier alpha value is -5.63. The Morgan fingerprint density at radius 2 is 1.29 bits per heavy atom. The molecule has 1 amide bonds. The van der Waals surface area contributed by atoms with Crippen molar-refractivity contribution in [1.29, 1.82) is 0 Å². The third-order valence-corrected chi connectivity index (χ3v) is 14.6. The van der Waals surface area contributed by atoms with Crippen LogP contribution in [-0.2, 0) is 38.1 Å². The van der Waals surface area contributed by atoms with E-state index in [-0.39, 0.29) is 81.0 Å². The molecule has 0 aromatic heterocycles. The van der Waals surface area contributed by atoms with Crippen molar-refractivity contribution in [2.24, 2.45) is 26.8 Å². The van der Waals surface area contributed by atoms with Crippen molar-refractivity contribution < 1.29 is 43.2 Å². The van der Waals surface area contributed by atoms with Crippen LogP contribution in [0.25, 0.3) is 0 Å². The van der Waals surface area contributed by atoms with E-state index in [1.165, 1.54) is 6.42 Å². The number of amides is 1. The van der Waals surface area contributed by atoms with Crippen LogP contribution in [0.3, 0.4) is 0 Å². The molecule has 1 aliphatic carbocycles. The molecule has 0 radical (unpaired) electrons. The molecule has 14 heteroatoms. The zero-order valence-electron chi connectivity index (χ0n) is 48.1.